The number of halogens is 1. The van der Waals surface area contributed by atoms with Gasteiger partial charge in [0.05, 0.1) is 30.7 Å². The van der Waals surface area contributed by atoms with E-state index >= 15 is 0 Å². The van der Waals surface area contributed by atoms with E-state index in [1.165, 1.54) is 0 Å². The Morgan fingerprint density at radius 2 is 1.79 bits per heavy atom. The monoisotopic (exact) mass is 778 g/mol. The molecule has 1 heterocycles. The highest BCUT2D eigenvalue weighted by atomic mass is 35.5. The quantitative estimate of drug-likeness (QED) is 0.0786. The highest BCUT2D eigenvalue weighted by Crippen LogP contribution is 2.53. The predicted molar refractivity (Wildman–Crippen MR) is 198 cm³/mol. The van der Waals surface area contributed by atoms with Crippen LogP contribution in [-0.4, -0.2) is 118 Å². The zero-order valence-corrected chi connectivity index (χ0v) is 31.4. The number of carbonyl (C=O) groups is 1. The van der Waals surface area contributed by atoms with Crippen LogP contribution < -0.4 is 4.74 Å². The van der Waals surface area contributed by atoms with E-state index in [1.807, 2.05) is 48.7 Å². The molecule has 5 N–H and O–H groups in total. The lowest BCUT2D eigenvalue weighted by Gasteiger charge is -2.30. The van der Waals surface area contributed by atoms with Crippen LogP contribution in [0.2, 0.25) is 5.02 Å². The average Bonchev–Trinajstić information content (AvgIpc) is 4.08. The zero-order valence-electron chi connectivity index (χ0n) is 29.0. The Labute approximate surface area is 313 Å². The number of nitrogens with zero attached hydrogens (tertiary/aromatic N) is 2. The molecule has 15 heteroatoms. The van der Waals surface area contributed by atoms with Gasteiger partial charge in [-0.25, -0.2) is 8.42 Å². The maximum absolute atomic E-state index is 13.0. The minimum absolute atomic E-state index is 0.0899. The van der Waals surface area contributed by atoms with Crippen LogP contribution in [0.4, 0.5) is 0 Å². The van der Waals surface area contributed by atoms with Gasteiger partial charge in [-0.1, -0.05) is 29.8 Å². The van der Waals surface area contributed by atoms with Crippen molar-refractivity contribution < 1.29 is 48.2 Å². The number of rotatable bonds is 21. The van der Waals surface area contributed by atoms with E-state index < -0.39 is 52.4 Å². The molecule has 284 valence electrons. The van der Waals surface area contributed by atoms with Crippen LogP contribution in [0.1, 0.15) is 49.7 Å². The van der Waals surface area contributed by atoms with Crippen LogP contribution in [0.25, 0.3) is 11.1 Å². The number of thioether (sulfide) groups is 1. The van der Waals surface area contributed by atoms with Gasteiger partial charge in [0.1, 0.15) is 33.9 Å². The van der Waals surface area contributed by atoms with Gasteiger partial charge in [-0.3, -0.25) is 9.78 Å². The summed E-state index contributed by atoms with van der Waals surface area (Å²) in [5.74, 6) is 0.172. The van der Waals surface area contributed by atoms with E-state index in [0.717, 1.165) is 69.7 Å². The summed E-state index contributed by atoms with van der Waals surface area (Å²) in [6.45, 7) is -0.726. The van der Waals surface area contributed by atoms with Gasteiger partial charge in [0, 0.05) is 52.8 Å². The molecule has 0 saturated heterocycles. The molecule has 0 radical (unpaired) electrons. The van der Waals surface area contributed by atoms with Crippen molar-refractivity contribution >= 4 is 39.1 Å². The first kappa shape index (κ1) is 40.4. The smallest absolute Gasteiger partial charge is 0.254 e. The van der Waals surface area contributed by atoms with Gasteiger partial charge in [-0.05, 0) is 85.7 Å². The van der Waals surface area contributed by atoms with Crippen molar-refractivity contribution in [3.05, 3.63) is 77.1 Å². The van der Waals surface area contributed by atoms with E-state index in [9.17, 15) is 33.6 Å². The number of amides is 1. The normalized spacial score (nSPS) is 17.6. The number of aliphatic hydroxyl groups is 5. The second-order valence-electron chi connectivity index (χ2n) is 13.5. The Kier molecular flexibility index (Phi) is 14.0. The summed E-state index contributed by atoms with van der Waals surface area (Å²) in [5, 5.41) is 49.7. The summed E-state index contributed by atoms with van der Waals surface area (Å²) in [7, 11) is -3.45. The molecular formula is C37H47ClN2O10S2. The van der Waals surface area contributed by atoms with E-state index in [-0.39, 0.29) is 24.9 Å². The first-order valence-corrected chi connectivity index (χ1v) is 20.8. The number of hydrogen-bond donors (Lipinski definition) is 5. The fraction of sp³-hybridized carbons (Fsp3) is 0.514. The van der Waals surface area contributed by atoms with Gasteiger partial charge in [-0.2, -0.15) is 0 Å². The lowest BCUT2D eigenvalue weighted by atomic mass is 9.96. The molecule has 12 nitrogen and oxygen atoms in total. The van der Waals surface area contributed by atoms with Gasteiger partial charge < -0.3 is 39.9 Å². The number of hydrogen-bond acceptors (Lipinski definition) is 12. The van der Waals surface area contributed by atoms with Crippen LogP contribution in [0.15, 0.2) is 65.8 Å². The second-order valence-corrected chi connectivity index (χ2v) is 17.3. The molecule has 1 aromatic heterocycles. The molecule has 3 aromatic rings. The number of para-hydroxylation sites is 1. The van der Waals surface area contributed by atoms with Crippen molar-refractivity contribution in [2.75, 3.05) is 37.5 Å². The maximum Gasteiger partial charge on any atom is 0.254 e. The molecule has 0 bridgehead atoms. The summed E-state index contributed by atoms with van der Waals surface area (Å²) in [4.78, 5) is 19.5. The molecule has 5 rings (SSSR count). The number of aromatic nitrogens is 1. The number of aliphatic hydroxyl groups excluding tert-OH is 5. The SMILES string of the molecule is CS(=O)(=O)CCN(CCCCSc1ccc(Cl)c(COC2(c3cnccc3-c3ccccc3OC3CC3)CC2)c1)C(=O)C(O)C(O)C(O)C(O)CO. The Hall–Kier alpha value is -2.79. The molecule has 2 fully saturated rings. The van der Waals surface area contributed by atoms with Gasteiger partial charge in [0.2, 0.25) is 0 Å². The molecule has 2 aromatic carbocycles. The Balaban J connectivity index is 1.16. The fourth-order valence-corrected chi connectivity index (χ4v) is 7.48. The summed E-state index contributed by atoms with van der Waals surface area (Å²) >= 11 is 8.20. The molecule has 4 unspecified atom stereocenters. The lowest BCUT2D eigenvalue weighted by molar-refractivity contribution is -0.158. The third kappa shape index (κ3) is 10.9. The van der Waals surface area contributed by atoms with Crippen LogP contribution in [0.3, 0.4) is 0 Å². The number of unbranched alkanes of at least 4 members (excludes halogenated alkanes) is 1. The largest absolute Gasteiger partial charge is 0.490 e. The van der Waals surface area contributed by atoms with E-state index in [2.05, 4.69) is 11.1 Å². The van der Waals surface area contributed by atoms with Crippen LogP contribution in [-0.2, 0) is 31.6 Å². The molecule has 2 aliphatic carbocycles. The summed E-state index contributed by atoms with van der Waals surface area (Å²) in [6.07, 6.45) is 1.93. The number of benzene rings is 2. The Bertz CT molecular complexity index is 1770. The molecule has 52 heavy (non-hydrogen) atoms. The fourth-order valence-electron chi connectivity index (χ4n) is 5.78. The van der Waals surface area contributed by atoms with Crippen LogP contribution >= 0.6 is 23.4 Å². The Morgan fingerprint density at radius 3 is 2.48 bits per heavy atom. The lowest BCUT2D eigenvalue weighted by Crippen LogP contribution is -2.53. The van der Waals surface area contributed by atoms with Gasteiger partial charge in [0.25, 0.3) is 5.91 Å². The number of carbonyl (C=O) groups excluding carboxylic acids is 1. The predicted octanol–water partition coefficient (Wildman–Crippen LogP) is 3.33. The summed E-state index contributed by atoms with van der Waals surface area (Å²) < 4.78 is 36.4. The minimum atomic E-state index is -3.45. The molecule has 2 saturated carbocycles. The summed E-state index contributed by atoms with van der Waals surface area (Å²) in [5.41, 5.74) is 3.45. The highest BCUT2D eigenvalue weighted by Gasteiger charge is 2.48. The minimum Gasteiger partial charge on any atom is -0.490 e. The van der Waals surface area contributed by atoms with Crippen LogP contribution in [0.5, 0.6) is 5.75 Å². The van der Waals surface area contributed by atoms with Crippen LogP contribution in [0, 0.1) is 0 Å². The molecule has 4 atom stereocenters. The van der Waals surface area contributed by atoms with E-state index in [4.69, 9.17) is 26.2 Å². The molecule has 0 aliphatic heterocycles. The average molecular weight is 779 g/mol. The molecule has 0 spiro atoms. The van der Waals surface area contributed by atoms with E-state index in [1.54, 1.807) is 18.0 Å². The maximum atomic E-state index is 13.0. The summed E-state index contributed by atoms with van der Waals surface area (Å²) in [6, 6.07) is 15.8. The zero-order chi connectivity index (χ0) is 37.5. The number of ether oxygens (including phenoxy) is 2. The third-order valence-corrected chi connectivity index (χ3v) is 11.5. The number of pyridine rings is 1. The van der Waals surface area contributed by atoms with E-state index in [0.29, 0.717) is 30.2 Å². The molecule has 2 aliphatic rings. The molecular weight excluding hydrogens is 732 g/mol. The van der Waals surface area contributed by atoms with Crippen molar-refractivity contribution in [3.8, 4) is 16.9 Å². The van der Waals surface area contributed by atoms with Crippen molar-refractivity contribution in [2.45, 2.75) is 86.1 Å². The Morgan fingerprint density at radius 1 is 1.04 bits per heavy atom. The van der Waals surface area contributed by atoms with Gasteiger partial charge in [-0.15, -0.1) is 11.8 Å². The van der Waals surface area contributed by atoms with Crippen molar-refractivity contribution in [2.24, 2.45) is 0 Å². The van der Waals surface area contributed by atoms with Crippen molar-refractivity contribution in [1.29, 1.82) is 0 Å². The first-order valence-electron chi connectivity index (χ1n) is 17.4. The standard InChI is InChI=1S/C37H47ClN2O10S2/c1-52(47,48)19-17-40(36(46)35(45)34(44)33(43)31(42)22-41)16-4-5-18-51-26-10-11-30(38)24(20-26)23-49-37(13-14-37)29-21-39-15-12-27(29)28-6-2-3-7-32(28)50-25-8-9-25/h2-3,6-7,10-12,15,20-21,25,31,33-35,41-45H,4-5,8-9,13-14,16-19,22-23H2,1H3. The topological polar surface area (TPSA) is 187 Å². The van der Waals surface area contributed by atoms with Crippen molar-refractivity contribution in [1.82, 2.24) is 9.88 Å². The highest BCUT2D eigenvalue weighted by molar-refractivity contribution is 7.99. The van der Waals surface area contributed by atoms with Crippen molar-refractivity contribution in [3.63, 3.8) is 0 Å². The van der Waals surface area contributed by atoms with Gasteiger partial charge in [0.15, 0.2) is 6.10 Å². The molecule has 1 amide bonds. The number of sulfone groups is 1. The third-order valence-electron chi connectivity index (χ3n) is 9.17. The second kappa shape index (κ2) is 18.0. The first-order chi connectivity index (χ1) is 24.8. The van der Waals surface area contributed by atoms with Gasteiger partial charge >= 0.3 is 0 Å².